The molecule has 2 atom stereocenters. The molecule has 0 bridgehead atoms. The quantitative estimate of drug-likeness (QED) is 0.888. The molecule has 1 N–H and O–H groups in total. The summed E-state index contributed by atoms with van der Waals surface area (Å²) in [6, 6.07) is 7.65. The van der Waals surface area contributed by atoms with E-state index in [-0.39, 0.29) is 18.2 Å². The first-order chi connectivity index (χ1) is 8.31. The second-order valence-electron chi connectivity index (χ2n) is 5.26. The smallest absolute Gasteiger partial charge is 0.123 e. The molecule has 2 aliphatic rings. The SMILES string of the molecule is Cl.Fc1ccc(CN2CCC3NCCC3C2)cc1. The number of halogens is 2. The van der Waals surface area contributed by atoms with E-state index < -0.39 is 0 Å². The van der Waals surface area contributed by atoms with E-state index in [1.54, 1.807) is 12.1 Å². The highest BCUT2D eigenvalue weighted by atomic mass is 35.5. The van der Waals surface area contributed by atoms with Crippen LogP contribution >= 0.6 is 12.4 Å². The first-order valence-electron chi connectivity index (χ1n) is 6.51. The fraction of sp³-hybridized carbons (Fsp3) is 0.571. The van der Waals surface area contributed by atoms with Crippen molar-refractivity contribution in [3.63, 3.8) is 0 Å². The zero-order valence-corrected chi connectivity index (χ0v) is 11.3. The molecule has 0 saturated carbocycles. The van der Waals surface area contributed by atoms with Gasteiger partial charge in [-0.3, -0.25) is 4.90 Å². The molecule has 2 aliphatic heterocycles. The maximum absolute atomic E-state index is 12.8. The lowest BCUT2D eigenvalue weighted by Crippen LogP contribution is -2.43. The average molecular weight is 271 g/mol. The van der Waals surface area contributed by atoms with Crippen molar-refractivity contribution in [3.8, 4) is 0 Å². The van der Waals surface area contributed by atoms with Crippen molar-refractivity contribution >= 4 is 12.4 Å². The largest absolute Gasteiger partial charge is 0.314 e. The van der Waals surface area contributed by atoms with E-state index in [4.69, 9.17) is 0 Å². The number of nitrogens with zero attached hydrogens (tertiary/aromatic N) is 1. The topological polar surface area (TPSA) is 15.3 Å². The third-order valence-electron chi connectivity index (χ3n) is 4.06. The summed E-state index contributed by atoms with van der Waals surface area (Å²) in [5.74, 6) is 0.677. The minimum atomic E-state index is -0.146. The second kappa shape index (κ2) is 6.00. The Balaban J connectivity index is 0.00000120. The molecule has 100 valence electrons. The predicted octanol–water partition coefficient (Wildman–Crippen LogP) is 2.43. The van der Waals surface area contributed by atoms with Gasteiger partial charge in [-0.1, -0.05) is 12.1 Å². The molecule has 0 amide bonds. The zero-order chi connectivity index (χ0) is 11.7. The monoisotopic (exact) mass is 270 g/mol. The molecule has 2 fully saturated rings. The van der Waals surface area contributed by atoms with Gasteiger partial charge in [-0.05, 0) is 49.5 Å². The number of piperidine rings is 1. The summed E-state index contributed by atoms with van der Waals surface area (Å²) in [4.78, 5) is 2.50. The predicted molar refractivity (Wildman–Crippen MR) is 73.4 cm³/mol. The van der Waals surface area contributed by atoms with Crippen LogP contribution in [0, 0.1) is 11.7 Å². The number of fused-ring (bicyclic) bond motifs is 1. The van der Waals surface area contributed by atoms with Gasteiger partial charge in [0.05, 0.1) is 0 Å². The standard InChI is InChI=1S/C14H19FN2.ClH/c15-13-3-1-11(2-4-13)9-17-8-6-14-12(10-17)5-7-16-14;/h1-4,12,14,16H,5-10H2;1H. The third-order valence-corrected chi connectivity index (χ3v) is 4.06. The summed E-state index contributed by atoms with van der Waals surface area (Å²) >= 11 is 0. The van der Waals surface area contributed by atoms with Crippen LogP contribution in [0.4, 0.5) is 4.39 Å². The van der Waals surface area contributed by atoms with Gasteiger partial charge in [-0.15, -0.1) is 12.4 Å². The van der Waals surface area contributed by atoms with Gasteiger partial charge in [0.25, 0.3) is 0 Å². The zero-order valence-electron chi connectivity index (χ0n) is 10.4. The van der Waals surface area contributed by atoms with Gasteiger partial charge in [0, 0.05) is 19.1 Å². The molecule has 2 heterocycles. The Kier molecular flexibility index (Phi) is 4.60. The Morgan fingerprint density at radius 1 is 1.22 bits per heavy atom. The summed E-state index contributed by atoms with van der Waals surface area (Å²) in [5.41, 5.74) is 1.22. The minimum Gasteiger partial charge on any atom is -0.314 e. The highest BCUT2D eigenvalue weighted by Crippen LogP contribution is 2.25. The van der Waals surface area contributed by atoms with Crippen molar-refractivity contribution in [2.24, 2.45) is 5.92 Å². The van der Waals surface area contributed by atoms with E-state index in [1.807, 2.05) is 12.1 Å². The lowest BCUT2D eigenvalue weighted by atomic mass is 9.93. The Labute approximate surface area is 114 Å². The Bertz CT molecular complexity index is 382. The van der Waals surface area contributed by atoms with Gasteiger partial charge < -0.3 is 5.32 Å². The third kappa shape index (κ3) is 3.02. The van der Waals surface area contributed by atoms with Gasteiger partial charge >= 0.3 is 0 Å². The second-order valence-corrected chi connectivity index (χ2v) is 5.26. The van der Waals surface area contributed by atoms with Crippen molar-refractivity contribution in [1.29, 1.82) is 0 Å². The Morgan fingerprint density at radius 3 is 2.78 bits per heavy atom. The highest BCUT2D eigenvalue weighted by molar-refractivity contribution is 5.85. The lowest BCUT2D eigenvalue weighted by molar-refractivity contribution is 0.156. The van der Waals surface area contributed by atoms with E-state index >= 15 is 0 Å². The molecule has 0 aliphatic carbocycles. The van der Waals surface area contributed by atoms with Gasteiger partial charge in [-0.2, -0.15) is 0 Å². The minimum absolute atomic E-state index is 0. The molecular formula is C14H20ClFN2. The average Bonchev–Trinajstić information content (AvgIpc) is 2.79. The summed E-state index contributed by atoms with van der Waals surface area (Å²) in [6.45, 7) is 4.49. The number of rotatable bonds is 2. The molecule has 2 nitrogen and oxygen atoms in total. The van der Waals surface area contributed by atoms with Crippen LogP contribution in [0.15, 0.2) is 24.3 Å². The molecule has 0 radical (unpaired) electrons. The maximum atomic E-state index is 12.8. The van der Waals surface area contributed by atoms with E-state index in [1.165, 1.54) is 31.5 Å². The molecule has 18 heavy (non-hydrogen) atoms. The van der Waals surface area contributed by atoms with Crippen molar-refractivity contribution in [3.05, 3.63) is 35.6 Å². The van der Waals surface area contributed by atoms with Crippen LogP contribution in [-0.2, 0) is 6.54 Å². The molecule has 1 aromatic rings. The van der Waals surface area contributed by atoms with E-state index in [0.29, 0.717) is 0 Å². The molecule has 4 heteroatoms. The van der Waals surface area contributed by atoms with Crippen LogP contribution in [0.3, 0.4) is 0 Å². The molecule has 0 aromatic heterocycles. The molecule has 3 rings (SSSR count). The maximum Gasteiger partial charge on any atom is 0.123 e. The first kappa shape index (κ1) is 13.8. The van der Waals surface area contributed by atoms with Crippen LogP contribution in [0.25, 0.3) is 0 Å². The normalized spacial score (nSPS) is 27.6. The lowest BCUT2D eigenvalue weighted by Gasteiger charge is -2.34. The van der Waals surface area contributed by atoms with Crippen molar-refractivity contribution in [2.75, 3.05) is 19.6 Å². The summed E-state index contributed by atoms with van der Waals surface area (Å²) in [7, 11) is 0. The number of benzene rings is 1. The van der Waals surface area contributed by atoms with Crippen LogP contribution in [0.2, 0.25) is 0 Å². The Hall–Kier alpha value is -0.640. The highest BCUT2D eigenvalue weighted by Gasteiger charge is 2.32. The van der Waals surface area contributed by atoms with Crippen molar-refractivity contribution in [2.45, 2.75) is 25.4 Å². The number of hydrogen-bond donors (Lipinski definition) is 1. The molecule has 0 spiro atoms. The molecule has 1 aromatic carbocycles. The van der Waals surface area contributed by atoms with E-state index in [0.717, 1.165) is 25.0 Å². The first-order valence-corrected chi connectivity index (χ1v) is 6.51. The van der Waals surface area contributed by atoms with Crippen molar-refractivity contribution < 1.29 is 4.39 Å². The molecule has 2 saturated heterocycles. The number of nitrogens with one attached hydrogen (secondary N) is 1. The summed E-state index contributed by atoms with van der Waals surface area (Å²) in [5, 5.41) is 3.57. The van der Waals surface area contributed by atoms with Crippen LogP contribution in [0.1, 0.15) is 18.4 Å². The van der Waals surface area contributed by atoms with Crippen LogP contribution in [-0.4, -0.2) is 30.6 Å². The van der Waals surface area contributed by atoms with E-state index in [2.05, 4.69) is 10.2 Å². The van der Waals surface area contributed by atoms with Gasteiger partial charge in [0.15, 0.2) is 0 Å². The molecular weight excluding hydrogens is 251 g/mol. The van der Waals surface area contributed by atoms with Crippen molar-refractivity contribution in [1.82, 2.24) is 10.2 Å². The summed E-state index contributed by atoms with van der Waals surface area (Å²) in [6.07, 6.45) is 2.57. The Morgan fingerprint density at radius 2 is 2.00 bits per heavy atom. The number of likely N-dealkylation sites (tertiary alicyclic amines) is 1. The van der Waals surface area contributed by atoms with Gasteiger partial charge in [-0.25, -0.2) is 4.39 Å². The van der Waals surface area contributed by atoms with Crippen LogP contribution < -0.4 is 5.32 Å². The summed E-state index contributed by atoms with van der Waals surface area (Å²) < 4.78 is 12.8. The van der Waals surface area contributed by atoms with E-state index in [9.17, 15) is 4.39 Å². The number of hydrogen-bond acceptors (Lipinski definition) is 2. The van der Waals surface area contributed by atoms with Gasteiger partial charge in [0.2, 0.25) is 0 Å². The molecule has 2 unspecified atom stereocenters. The fourth-order valence-corrected chi connectivity index (χ4v) is 3.11. The fourth-order valence-electron chi connectivity index (χ4n) is 3.11. The van der Waals surface area contributed by atoms with Gasteiger partial charge in [0.1, 0.15) is 5.82 Å². The van der Waals surface area contributed by atoms with Crippen LogP contribution in [0.5, 0.6) is 0 Å².